The highest BCUT2D eigenvalue weighted by atomic mass is 32.2. The minimum absolute atomic E-state index is 0.256. The molecule has 0 bridgehead atoms. The molecule has 1 fully saturated rings. The molecule has 1 atom stereocenters. The monoisotopic (exact) mass is 612 g/mol. The van der Waals surface area contributed by atoms with E-state index in [1.165, 1.54) is 0 Å². The van der Waals surface area contributed by atoms with E-state index in [0.29, 0.717) is 56.4 Å². The molecular formula is C33H33FN6O3S. The van der Waals surface area contributed by atoms with Crippen LogP contribution in [0.25, 0.3) is 22.0 Å². The molecule has 0 aliphatic carbocycles. The molecule has 2 aromatic heterocycles. The number of pyridine rings is 1. The molecule has 6 rings (SSSR count). The van der Waals surface area contributed by atoms with Crippen LogP contribution in [0.5, 0.6) is 11.6 Å². The third-order valence-corrected chi connectivity index (χ3v) is 8.84. The Morgan fingerprint density at radius 3 is 2.64 bits per heavy atom. The highest BCUT2D eigenvalue weighted by molar-refractivity contribution is 7.91. The van der Waals surface area contributed by atoms with Gasteiger partial charge in [-0.05, 0) is 67.3 Å². The lowest BCUT2D eigenvalue weighted by atomic mass is 10.0. The van der Waals surface area contributed by atoms with Gasteiger partial charge in [0.15, 0.2) is 0 Å². The van der Waals surface area contributed by atoms with Gasteiger partial charge >= 0.3 is 0 Å². The number of alkyl halides is 1. The number of fused-ring (bicyclic) bond motifs is 1. The van der Waals surface area contributed by atoms with Gasteiger partial charge < -0.3 is 15.4 Å². The van der Waals surface area contributed by atoms with Crippen molar-refractivity contribution in [2.45, 2.75) is 38.2 Å². The standard InChI is InChI=1S/C33H33FN6O3S/c1-22-13-14-26-27(10-4-12-30(26)40-44(41,42)21-24-8-3-2-7-23(24)19-34)31(22)43-32-28(11-6-17-36-32)29-15-18-37-33(39-29)38-25-9-5-16-35-20-25/h2-4,6-8,10-15,17-18,25,35,40H,5,9,16,19-21H2,1H3,(H,37,38,39)/t25-/m0/s1. The van der Waals surface area contributed by atoms with E-state index in [1.807, 2.05) is 43.3 Å². The van der Waals surface area contributed by atoms with E-state index in [0.717, 1.165) is 31.5 Å². The van der Waals surface area contributed by atoms with Gasteiger partial charge in [0.05, 0.1) is 22.7 Å². The summed E-state index contributed by atoms with van der Waals surface area (Å²) in [5.74, 6) is 1.11. The second kappa shape index (κ2) is 12.9. The topological polar surface area (TPSA) is 118 Å². The van der Waals surface area contributed by atoms with Crippen molar-refractivity contribution in [3.8, 4) is 22.9 Å². The van der Waals surface area contributed by atoms with Gasteiger partial charge in [0, 0.05) is 35.8 Å². The smallest absolute Gasteiger partial charge is 0.236 e. The summed E-state index contributed by atoms with van der Waals surface area (Å²) >= 11 is 0. The molecule has 1 saturated heterocycles. The lowest BCUT2D eigenvalue weighted by Crippen LogP contribution is -2.38. The minimum atomic E-state index is -3.85. The number of aryl methyl sites for hydroxylation is 1. The first kappa shape index (κ1) is 29.5. The fourth-order valence-electron chi connectivity index (χ4n) is 5.40. The molecule has 44 heavy (non-hydrogen) atoms. The number of aromatic nitrogens is 3. The van der Waals surface area contributed by atoms with Crippen LogP contribution in [0.2, 0.25) is 0 Å². The number of hydrogen-bond acceptors (Lipinski definition) is 8. The van der Waals surface area contributed by atoms with Crippen molar-refractivity contribution < 1.29 is 17.5 Å². The molecule has 1 aliphatic rings. The average molecular weight is 613 g/mol. The second-order valence-electron chi connectivity index (χ2n) is 10.8. The van der Waals surface area contributed by atoms with E-state index < -0.39 is 16.7 Å². The number of anilines is 2. The van der Waals surface area contributed by atoms with Gasteiger partial charge in [0.2, 0.25) is 21.9 Å². The normalized spacial score (nSPS) is 15.2. The van der Waals surface area contributed by atoms with E-state index in [-0.39, 0.29) is 11.8 Å². The zero-order valence-corrected chi connectivity index (χ0v) is 25.1. The number of piperidine rings is 1. The van der Waals surface area contributed by atoms with E-state index in [2.05, 4.69) is 25.3 Å². The van der Waals surface area contributed by atoms with Gasteiger partial charge in [0.25, 0.3) is 0 Å². The summed E-state index contributed by atoms with van der Waals surface area (Å²) in [5.41, 5.74) is 3.37. The zero-order chi connectivity index (χ0) is 30.5. The van der Waals surface area contributed by atoms with Crippen LogP contribution in [-0.4, -0.2) is 42.5 Å². The number of sulfonamides is 1. The number of nitrogens with one attached hydrogen (secondary N) is 3. The maximum Gasteiger partial charge on any atom is 0.236 e. The molecule has 0 amide bonds. The van der Waals surface area contributed by atoms with Crippen LogP contribution in [0.4, 0.5) is 16.0 Å². The Morgan fingerprint density at radius 1 is 0.955 bits per heavy atom. The van der Waals surface area contributed by atoms with Crippen LogP contribution in [0.1, 0.15) is 29.5 Å². The molecule has 0 saturated carbocycles. The molecule has 0 unspecified atom stereocenters. The Balaban J connectivity index is 1.30. The molecule has 1 aliphatic heterocycles. The molecule has 5 aromatic rings. The lowest BCUT2D eigenvalue weighted by molar-refractivity contribution is 0.466. The van der Waals surface area contributed by atoms with E-state index >= 15 is 0 Å². The summed E-state index contributed by atoms with van der Waals surface area (Å²) in [6, 6.07) is 21.5. The largest absolute Gasteiger partial charge is 0.437 e. The zero-order valence-electron chi connectivity index (χ0n) is 24.3. The molecule has 3 aromatic carbocycles. The molecule has 9 nitrogen and oxygen atoms in total. The molecule has 3 heterocycles. The summed E-state index contributed by atoms with van der Waals surface area (Å²) in [6.07, 6.45) is 5.51. The van der Waals surface area contributed by atoms with Crippen molar-refractivity contribution >= 4 is 32.4 Å². The van der Waals surface area contributed by atoms with Gasteiger partial charge in [-0.15, -0.1) is 0 Å². The number of benzene rings is 3. The number of halogens is 1. The minimum Gasteiger partial charge on any atom is -0.437 e. The molecule has 3 N–H and O–H groups in total. The van der Waals surface area contributed by atoms with Crippen LogP contribution in [-0.2, 0) is 22.5 Å². The summed E-state index contributed by atoms with van der Waals surface area (Å²) < 4.78 is 49.0. The van der Waals surface area contributed by atoms with Crippen molar-refractivity contribution in [2.75, 3.05) is 23.1 Å². The molecule has 226 valence electrons. The van der Waals surface area contributed by atoms with Crippen molar-refractivity contribution in [3.05, 3.63) is 102 Å². The van der Waals surface area contributed by atoms with Gasteiger partial charge in [0.1, 0.15) is 12.4 Å². The first-order chi connectivity index (χ1) is 21.4. The summed E-state index contributed by atoms with van der Waals surface area (Å²) in [7, 11) is -3.85. The molecule has 11 heteroatoms. The number of rotatable bonds is 10. The van der Waals surface area contributed by atoms with Crippen LogP contribution in [0, 0.1) is 6.92 Å². The highest BCUT2D eigenvalue weighted by Gasteiger charge is 2.19. The predicted molar refractivity (Wildman–Crippen MR) is 171 cm³/mol. The van der Waals surface area contributed by atoms with Crippen LogP contribution >= 0.6 is 0 Å². The van der Waals surface area contributed by atoms with Crippen molar-refractivity contribution in [1.82, 2.24) is 20.3 Å². The SMILES string of the molecule is Cc1ccc2c(NS(=O)(=O)Cc3ccccc3CF)cccc2c1Oc1ncccc1-c1ccnc(N[C@H]2CCCNC2)n1. The van der Waals surface area contributed by atoms with Gasteiger partial charge in [-0.2, -0.15) is 0 Å². The maximum atomic E-state index is 13.5. The summed E-state index contributed by atoms with van der Waals surface area (Å²) in [4.78, 5) is 13.7. The molecular weight excluding hydrogens is 579 g/mol. The van der Waals surface area contributed by atoms with Gasteiger partial charge in [-0.1, -0.05) is 48.5 Å². The van der Waals surface area contributed by atoms with Crippen LogP contribution in [0.15, 0.2) is 85.2 Å². The van der Waals surface area contributed by atoms with Crippen LogP contribution < -0.4 is 20.1 Å². The van der Waals surface area contributed by atoms with Crippen LogP contribution in [0.3, 0.4) is 0 Å². The summed E-state index contributed by atoms with van der Waals surface area (Å²) in [6.45, 7) is 3.07. The predicted octanol–water partition coefficient (Wildman–Crippen LogP) is 6.37. The van der Waals surface area contributed by atoms with Gasteiger partial charge in [-0.25, -0.2) is 27.8 Å². The number of nitrogens with zero attached hydrogens (tertiary/aromatic N) is 3. The number of ether oxygens (including phenoxy) is 1. The highest BCUT2D eigenvalue weighted by Crippen LogP contribution is 2.39. The molecule has 0 radical (unpaired) electrons. The maximum absolute atomic E-state index is 13.5. The van der Waals surface area contributed by atoms with Crippen molar-refractivity contribution in [2.24, 2.45) is 0 Å². The average Bonchev–Trinajstić information content (AvgIpc) is 3.03. The first-order valence-corrected chi connectivity index (χ1v) is 16.1. The Hall–Kier alpha value is -4.61. The van der Waals surface area contributed by atoms with E-state index in [1.54, 1.807) is 48.8 Å². The van der Waals surface area contributed by atoms with Crippen molar-refractivity contribution in [1.29, 1.82) is 0 Å². The lowest BCUT2D eigenvalue weighted by Gasteiger charge is -2.23. The van der Waals surface area contributed by atoms with Crippen molar-refractivity contribution in [3.63, 3.8) is 0 Å². The van der Waals surface area contributed by atoms with Gasteiger partial charge in [-0.3, -0.25) is 4.72 Å². The van der Waals surface area contributed by atoms with E-state index in [9.17, 15) is 12.8 Å². The first-order valence-electron chi connectivity index (χ1n) is 14.5. The summed E-state index contributed by atoms with van der Waals surface area (Å²) in [5, 5.41) is 8.17. The Labute approximate surface area is 256 Å². The second-order valence-corrected chi connectivity index (χ2v) is 12.5. The fourth-order valence-corrected chi connectivity index (χ4v) is 6.68. The fraction of sp³-hybridized carbons (Fsp3) is 0.242. The van der Waals surface area contributed by atoms with E-state index in [4.69, 9.17) is 9.72 Å². The third kappa shape index (κ3) is 6.63. The quantitative estimate of drug-likeness (QED) is 0.167. The molecule has 0 spiro atoms. The Morgan fingerprint density at radius 2 is 1.82 bits per heavy atom. The Kier molecular flexibility index (Phi) is 8.67. The Bertz CT molecular complexity index is 1900. The third-order valence-electron chi connectivity index (χ3n) is 7.61. The number of hydrogen-bond donors (Lipinski definition) is 3.